The molecule has 0 aliphatic heterocycles. The number of thiol groups is 1. The van der Waals surface area contributed by atoms with Crippen LogP contribution in [0.1, 0.15) is 42.6 Å². The van der Waals surface area contributed by atoms with Gasteiger partial charge >= 0.3 is 0 Å². The van der Waals surface area contributed by atoms with Crippen molar-refractivity contribution < 1.29 is 9.53 Å². The minimum atomic E-state index is 0.0733. The van der Waals surface area contributed by atoms with Crippen LogP contribution in [-0.2, 0) is 4.74 Å². The van der Waals surface area contributed by atoms with Gasteiger partial charge in [-0.2, -0.15) is 0 Å². The minimum absolute atomic E-state index is 0.0733. The van der Waals surface area contributed by atoms with Crippen LogP contribution in [0.2, 0.25) is 0 Å². The predicted octanol–water partition coefficient (Wildman–Crippen LogP) is 3.56. The highest BCUT2D eigenvalue weighted by atomic mass is 32.1. The van der Waals surface area contributed by atoms with E-state index in [0.29, 0.717) is 13.2 Å². The van der Waals surface area contributed by atoms with Gasteiger partial charge in [0.1, 0.15) is 0 Å². The quantitative estimate of drug-likeness (QED) is 0.779. The number of ether oxygens (including phenoxy) is 1. The standard InChI is InChI=1S/C16H25NO2S/c1-5-13(6-2)17(9-10-19-4)16(18)15-11-14(20)8-7-12(15)3/h7-8,11,13,20H,5-6,9-10H2,1-4H3. The van der Waals surface area contributed by atoms with E-state index in [2.05, 4.69) is 26.5 Å². The van der Waals surface area contributed by atoms with E-state index < -0.39 is 0 Å². The number of benzene rings is 1. The zero-order valence-corrected chi connectivity index (χ0v) is 13.7. The van der Waals surface area contributed by atoms with Gasteiger partial charge in [0.2, 0.25) is 0 Å². The number of carbonyl (C=O) groups excluding carboxylic acids is 1. The van der Waals surface area contributed by atoms with Crippen molar-refractivity contribution in [3.8, 4) is 0 Å². The number of carbonyl (C=O) groups is 1. The Bertz CT molecular complexity index is 444. The molecule has 3 nitrogen and oxygen atoms in total. The molecule has 0 bridgehead atoms. The van der Waals surface area contributed by atoms with Crippen LogP contribution in [0.25, 0.3) is 0 Å². The number of hydrogen-bond donors (Lipinski definition) is 1. The first kappa shape index (κ1) is 17.1. The van der Waals surface area contributed by atoms with Crippen molar-refractivity contribution in [1.29, 1.82) is 0 Å². The average molecular weight is 295 g/mol. The summed E-state index contributed by atoms with van der Waals surface area (Å²) >= 11 is 4.34. The summed E-state index contributed by atoms with van der Waals surface area (Å²) in [7, 11) is 1.66. The second kappa shape index (κ2) is 8.32. The summed E-state index contributed by atoms with van der Waals surface area (Å²) in [6.07, 6.45) is 1.90. The molecule has 20 heavy (non-hydrogen) atoms. The second-order valence-electron chi connectivity index (χ2n) is 4.96. The van der Waals surface area contributed by atoms with E-state index in [1.54, 1.807) is 7.11 Å². The maximum atomic E-state index is 12.8. The average Bonchev–Trinajstić information content (AvgIpc) is 2.45. The molecule has 1 aromatic rings. The van der Waals surface area contributed by atoms with Crippen molar-refractivity contribution in [3.63, 3.8) is 0 Å². The SMILES string of the molecule is CCC(CC)N(CCOC)C(=O)c1cc(S)ccc1C. The fourth-order valence-corrected chi connectivity index (χ4v) is 2.57. The van der Waals surface area contributed by atoms with E-state index in [1.807, 2.05) is 30.0 Å². The number of methoxy groups -OCH3 is 1. The molecule has 0 radical (unpaired) electrons. The van der Waals surface area contributed by atoms with E-state index in [0.717, 1.165) is 28.9 Å². The van der Waals surface area contributed by atoms with Crippen molar-refractivity contribution in [1.82, 2.24) is 4.90 Å². The Morgan fingerprint density at radius 2 is 2.00 bits per heavy atom. The zero-order valence-electron chi connectivity index (χ0n) is 12.8. The topological polar surface area (TPSA) is 29.5 Å². The first-order valence-electron chi connectivity index (χ1n) is 7.14. The molecular weight excluding hydrogens is 270 g/mol. The van der Waals surface area contributed by atoms with E-state index in [4.69, 9.17) is 4.74 Å². The number of aryl methyl sites for hydroxylation is 1. The first-order valence-corrected chi connectivity index (χ1v) is 7.59. The maximum absolute atomic E-state index is 12.8. The molecule has 0 unspecified atom stereocenters. The van der Waals surface area contributed by atoms with Crippen LogP contribution in [0.15, 0.2) is 23.1 Å². The number of hydrogen-bond acceptors (Lipinski definition) is 3. The van der Waals surface area contributed by atoms with Gasteiger partial charge in [-0.25, -0.2) is 0 Å². The van der Waals surface area contributed by atoms with Crippen molar-refractivity contribution in [2.45, 2.75) is 44.6 Å². The summed E-state index contributed by atoms with van der Waals surface area (Å²) in [4.78, 5) is 15.6. The van der Waals surface area contributed by atoms with Crippen LogP contribution in [-0.4, -0.2) is 37.1 Å². The molecule has 0 aliphatic carbocycles. The molecule has 4 heteroatoms. The summed E-state index contributed by atoms with van der Waals surface area (Å²) in [5, 5.41) is 0. The summed E-state index contributed by atoms with van der Waals surface area (Å²) in [5.41, 5.74) is 1.72. The van der Waals surface area contributed by atoms with Gasteiger partial charge in [0, 0.05) is 30.2 Å². The van der Waals surface area contributed by atoms with Gasteiger partial charge in [0.25, 0.3) is 5.91 Å². The number of nitrogens with zero attached hydrogens (tertiary/aromatic N) is 1. The fraction of sp³-hybridized carbons (Fsp3) is 0.562. The second-order valence-corrected chi connectivity index (χ2v) is 5.48. The summed E-state index contributed by atoms with van der Waals surface area (Å²) in [6, 6.07) is 5.95. The molecule has 0 spiro atoms. The lowest BCUT2D eigenvalue weighted by Crippen LogP contribution is -2.42. The Hall–Kier alpha value is -1.00. The Kier molecular flexibility index (Phi) is 7.10. The van der Waals surface area contributed by atoms with Crippen LogP contribution in [0.4, 0.5) is 0 Å². The molecule has 0 aromatic heterocycles. The number of rotatable bonds is 7. The van der Waals surface area contributed by atoms with E-state index >= 15 is 0 Å². The van der Waals surface area contributed by atoms with Gasteiger partial charge in [0.15, 0.2) is 0 Å². The fourth-order valence-electron chi connectivity index (χ4n) is 2.36. The third-order valence-electron chi connectivity index (χ3n) is 3.63. The minimum Gasteiger partial charge on any atom is -0.383 e. The van der Waals surface area contributed by atoms with Crippen LogP contribution in [0.5, 0.6) is 0 Å². The van der Waals surface area contributed by atoms with Crippen molar-refractivity contribution >= 4 is 18.5 Å². The van der Waals surface area contributed by atoms with Crippen molar-refractivity contribution in [2.24, 2.45) is 0 Å². The van der Waals surface area contributed by atoms with Crippen molar-refractivity contribution in [2.75, 3.05) is 20.3 Å². The molecule has 0 heterocycles. The van der Waals surface area contributed by atoms with Gasteiger partial charge in [-0.3, -0.25) is 4.79 Å². The van der Waals surface area contributed by atoms with Gasteiger partial charge in [-0.15, -0.1) is 12.6 Å². The summed E-state index contributed by atoms with van der Waals surface area (Å²) < 4.78 is 5.14. The lowest BCUT2D eigenvalue weighted by atomic mass is 10.0. The Morgan fingerprint density at radius 3 is 2.55 bits per heavy atom. The molecule has 1 aromatic carbocycles. The number of amides is 1. The molecule has 0 saturated carbocycles. The Balaban J connectivity index is 3.05. The molecular formula is C16H25NO2S. The van der Waals surface area contributed by atoms with E-state index in [-0.39, 0.29) is 11.9 Å². The highest BCUT2D eigenvalue weighted by Gasteiger charge is 2.23. The van der Waals surface area contributed by atoms with Crippen LogP contribution in [0, 0.1) is 6.92 Å². The lowest BCUT2D eigenvalue weighted by molar-refractivity contribution is 0.0588. The van der Waals surface area contributed by atoms with Gasteiger partial charge in [-0.1, -0.05) is 19.9 Å². The predicted molar refractivity (Wildman–Crippen MR) is 85.7 cm³/mol. The third kappa shape index (κ3) is 4.25. The zero-order chi connectivity index (χ0) is 15.1. The monoisotopic (exact) mass is 295 g/mol. The maximum Gasteiger partial charge on any atom is 0.254 e. The first-order chi connectivity index (χ1) is 9.54. The van der Waals surface area contributed by atoms with Crippen LogP contribution in [0.3, 0.4) is 0 Å². The summed E-state index contributed by atoms with van der Waals surface area (Å²) in [6.45, 7) is 7.37. The molecule has 0 fully saturated rings. The molecule has 1 amide bonds. The van der Waals surface area contributed by atoms with Gasteiger partial charge < -0.3 is 9.64 Å². The highest BCUT2D eigenvalue weighted by molar-refractivity contribution is 7.80. The third-order valence-corrected chi connectivity index (χ3v) is 3.91. The molecule has 112 valence electrons. The lowest BCUT2D eigenvalue weighted by Gasteiger charge is -2.31. The molecule has 1 rings (SSSR count). The van der Waals surface area contributed by atoms with E-state index in [9.17, 15) is 4.79 Å². The van der Waals surface area contributed by atoms with Crippen LogP contribution >= 0.6 is 12.6 Å². The smallest absolute Gasteiger partial charge is 0.254 e. The van der Waals surface area contributed by atoms with Crippen LogP contribution < -0.4 is 0 Å². The van der Waals surface area contributed by atoms with E-state index in [1.165, 1.54) is 0 Å². The normalized spacial score (nSPS) is 10.9. The highest BCUT2D eigenvalue weighted by Crippen LogP contribution is 2.19. The Morgan fingerprint density at radius 1 is 1.35 bits per heavy atom. The van der Waals surface area contributed by atoms with Gasteiger partial charge in [0.05, 0.1) is 6.61 Å². The largest absolute Gasteiger partial charge is 0.383 e. The molecule has 0 aliphatic rings. The van der Waals surface area contributed by atoms with Gasteiger partial charge in [-0.05, 0) is 37.5 Å². The molecule has 0 N–H and O–H groups in total. The Labute approximate surface area is 127 Å². The summed E-state index contributed by atoms with van der Waals surface area (Å²) in [5.74, 6) is 0.0733. The molecule has 0 saturated heterocycles. The van der Waals surface area contributed by atoms with Crippen molar-refractivity contribution in [3.05, 3.63) is 29.3 Å². The molecule has 0 atom stereocenters.